The highest BCUT2D eigenvalue weighted by Gasteiger charge is 2.50. The number of rotatable bonds is 5. The van der Waals surface area contributed by atoms with Gasteiger partial charge in [0.05, 0.1) is 5.54 Å². The van der Waals surface area contributed by atoms with Crippen LogP contribution in [-0.4, -0.2) is 93.6 Å². The molecule has 5 fully saturated rings. The number of alkyl halides is 1. The first-order valence-corrected chi connectivity index (χ1v) is 15.4. The van der Waals surface area contributed by atoms with Crippen molar-refractivity contribution in [1.29, 1.82) is 0 Å². The van der Waals surface area contributed by atoms with Crippen LogP contribution in [-0.2, 0) is 4.74 Å². The van der Waals surface area contributed by atoms with Crippen LogP contribution in [0.2, 0.25) is 5.15 Å². The predicted octanol–water partition coefficient (Wildman–Crippen LogP) is 4.18. The molecule has 4 saturated heterocycles. The van der Waals surface area contributed by atoms with Gasteiger partial charge in [-0.15, -0.1) is 0 Å². The summed E-state index contributed by atoms with van der Waals surface area (Å²) in [6.07, 6.45) is 2.41. The number of fused-ring (bicyclic) bond motifs is 3. The van der Waals surface area contributed by atoms with Gasteiger partial charge in [-0.05, 0) is 53.0 Å². The first kappa shape index (κ1) is 28.1. The summed E-state index contributed by atoms with van der Waals surface area (Å²) >= 11 is 6.39. The molecule has 1 saturated carbocycles. The fourth-order valence-corrected chi connectivity index (χ4v) is 7.74. The van der Waals surface area contributed by atoms with Gasteiger partial charge in [0.15, 0.2) is 11.0 Å². The molecule has 2 aromatic rings. The highest BCUT2D eigenvalue weighted by Crippen LogP contribution is 2.42. The molecular formula is C29H37ClF2N6O4. The van der Waals surface area contributed by atoms with Crippen LogP contribution in [0.5, 0.6) is 6.01 Å². The maximum atomic E-state index is 15.8. The Kier molecular flexibility index (Phi) is 6.62. The zero-order valence-corrected chi connectivity index (χ0v) is 25.0. The number of likely N-dealkylation sites (tertiary alicyclic amines) is 1. The second-order valence-electron chi connectivity index (χ2n) is 13.7. The molecule has 2 aromatic heterocycles. The zero-order chi connectivity index (χ0) is 29.6. The van der Waals surface area contributed by atoms with E-state index in [4.69, 9.17) is 26.1 Å². The monoisotopic (exact) mass is 606 g/mol. The lowest BCUT2D eigenvalue weighted by molar-refractivity contribution is 0.0282. The van der Waals surface area contributed by atoms with Crippen molar-refractivity contribution >= 4 is 34.4 Å². The van der Waals surface area contributed by atoms with Gasteiger partial charge in [-0.3, -0.25) is 14.3 Å². The van der Waals surface area contributed by atoms with E-state index >= 15 is 4.39 Å². The molecule has 1 aliphatic carbocycles. The summed E-state index contributed by atoms with van der Waals surface area (Å²) in [5.41, 5.74) is -1.59. The lowest BCUT2D eigenvalue weighted by Crippen LogP contribution is -2.43. The van der Waals surface area contributed by atoms with Gasteiger partial charge in [0, 0.05) is 57.0 Å². The quantitative estimate of drug-likeness (QED) is 0.468. The minimum absolute atomic E-state index is 0.0491. The highest BCUT2D eigenvalue weighted by atomic mass is 35.5. The minimum atomic E-state index is -0.914. The van der Waals surface area contributed by atoms with E-state index in [1.807, 2.05) is 25.7 Å². The Balaban J connectivity index is 1.21. The lowest BCUT2D eigenvalue weighted by atomic mass is 9.95. The van der Waals surface area contributed by atoms with Crippen molar-refractivity contribution in [1.82, 2.24) is 24.3 Å². The number of pyridine rings is 1. The van der Waals surface area contributed by atoms with Gasteiger partial charge in [-0.2, -0.15) is 9.97 Å². The van der Waals surface area contributed by atoms with E-state index in [1.54, 1.807) is 4.90 Å². The molecule has 0 radical (unpaired) electrons. The number of anilines is 1. The molecule has 228 valence electrons. The third-order valence-corrected chi connectivity index (χ3v) is 9.83. The van der Waals surface area contributed by atoms with Crippen molar-refractivity contribution in [2.45, 2.75) is 76.2 Å². The Morgan fingerprint density at radius 1 is 1.12 bits per heavy atom. The Hall–Kier alpha value is -2.73. The Morgan fingerprint density at radius 2 is 1.83 bits per heavy atom. The average Bonchev–Trinajstić information content (AvgIpc) is 3.21. The molecule has 0 aromatic carbocycles. The topological polar surface area (TPSA) is 93.0 Å². The van der Waals surface area contributed by atoms with Gasteiger partial charge in [0.1, 0.15) is 35.1 Å². The fourth-order valence-electron chi connectivity index (χ4n) is 7.44. The van der Waals surface area contributed by atoms with Crippen LogP contribution in [0.25, 0.3) is 10.9 Å². The van der Waals surface area contributed by atoms with Crippen molar-refractivity contribution in [2.24, 2.45) is 11.8 Å². The van der Waals surface area contributed by atoms with Gasteiger partial charge in [-0.1, -0.05) is 11.6 Å². The van der Waals surface area contributed by atoms with Crippen molar-refractivity contribution in [3.05, 3.63) is 21.3 Å². The van der Waals surface area contributed by atoms with Gasteiger partial charge < -0.3 is 19.3 Å². The van der Waals surface area contributed by atoms with E-state index in [-0.39, 0.29) is 52.6 Å². The first-order chi connectivity index (χ1) is 19.9. The van der Waals surface area contributed by atoms with Crippen LogP contribution in [0.4, 0.5) is 19.4 Å². The summed E-state index contributed by atoms with van der Waals surface area (Å²) in [5.74, 6) is -0.174. The lowest BCUT2D eigenvalue weighted by Gasteiger charge is -2.31. The van der Waals surface area contributed by atoms with Crippen molar-refractivity contribution < 1.29 is 23.0 Å². The Morgan fingerprint density at radius 3 is 2.50 bits per heavy atom. The maximum Gasteiger partial charge on any atom is 0.410 e. The number of amides is 1. The van der Waals surface area contributed by atoms with Crippen LogP contribution < -0.4 is 15.2 Å². The number of aromatic nitrogens is 3. The summed E-state index contributed by atoms with van der Waals surface area (Å²) < 4.78 is 43.2. The normalized spacial score (nSPS) is 29.4. The fraction of sp³-hybridized carbons (Fsp3) is 0.724. The van der Waals surface area contributed by atoms with Gasteiger partial charge >= 0.3 is 12.1 Å². The molecule has 42 heavy (non-hydrogen) atoms. The molecule has 1 amide bonds. The minimum Gasteiger partial charge on any atom is -0.461 e. The van der Waals surface area contributed by atoms with Crippen molar-refractivity contribution in [3.8, 4) is 6.01 Å². The van der Waals surface area contributed by atoms with E-state index in [1.165, 1.54) is 4.57 Å². The third-order valence-electron chi connectivity index (χ3n) is 9.48. The number of hydrogen-bond donors (Lipinski definition) is 0. The zero-order valence-electron chi connectivity index (χ0n) is 24.2. The SMILES string of the molecule is CC(C)(C)OC(=O)N1CC2CN(c3nc(OC[C@@]45CCCN4C[C@H](F)C5)nc4c(F)c(Cl)n(C5CC5)c(=O)c34)CC2C1. The van der Waals surface area contributed by atoms with Gasteiger partial charge in [0.25, 0.3) is 5.56 Å². The molecule has 10 nitrogen and oxygen atoms in total. The van der Waals surface area contributed by atoms with E-state index < -0.39 is 28.7 Å². The largest absolute Gasteiger partial charge is 0.461 e. The first-order valence-electron chi connectivity index (χ1n) is 15.0. The average molecular weight is 607 g/mol. The number of nitrogens with zero attached hydrogens (tertiary/aromatic N) is 6. The number of carbonyl (C=O) groups excluding carboxylic acids is 1. The summed E-state index contributed by atoms with van der Waals surface area (Å²) in [4.78, 5) is 41.4. The van der Waals surface area contributed by atoms with E-state index in [2.05, 4.69) is 9.88 Å². The molecule has 4 atom stereocenters. The van der Waals surface area contributed by atoms with E-state index in [9.17, 15) is 14.0 Å². The molecule has 0 bridgehead atoms. The molecule has 0 spiro atoms. The smallest absolute Gasteiger partial charge is 0.410 e. The Bertz CT molecular complexity index is 1480. The molecule has 2 unspecified atom stereocenters. The molecule has 7 rings (SSSR count). The standard InChI is InChI=1S/C29H37ClF2N6O4/c1-28(2,3)42-27(40)36-12-16-10-35(11-17(16)13-36)24-20-22(21(32)23(30)38(25(20)39)19-5-6-19)33-26(34-24)41-15-29-7-4-8-37(29)14-18(31)9-29/h16-19H,4-15H2,1-3H3/t16?,17?,18-,29+/m1/s1. The molecule has 5 aliphatic rings. The van der Waals surface area contributed by atoms with Crippen LogP contribution in [0.3, 0.4) is 0 Å². The number of halogens is 3. The highest BCUT2D eigenvalue weighted by molar-refractivity contribution is 6.30. The molecule has 4 aliphatic heterocycles. The van der Waals surface area contributed by atoms with Crippen LogP contribution in [0.1, 0.15) is 58.9 Å². The third kappa shape index (κ3) is 4.78. The number of ether oxygens (including phenoxy) is 2. The summed E-state index contributed by atoms with van der Waals surface area (Å²) in [6, 6.07) is -0.191. The molecular weight excluding hydrogens is 570 g/mol. The maximum absolute atomic E-state index is 15.8. The van der Waals surface area contributed by atoms with E-state index in [0.29, 0.717) is 45.0 Å². The summed E-state index contributed by atoms with van der Waals surface area (Å²) in [6.45, 7) is 9.03. The molecule has 13 heteroatoms. The van der Waals surface area contributed by atoms with Crippen molar-refractivity contribution in [3.63, 3.8) is 0 Å². The summed E-state index contributed by atoms with van der Waals surface area (Å²) in [7, 11) is 0. The number of hydrogen-bond acceptors (Lipinski definition) is 8. The molecule has 0 N–H and O–H groups in total. The Labute approximate surface area is 247 Å². The number of carbonyl (C=O) groups is 1. The van der Waals surface area contributed by atoms with E-state index in [0.717, 1.165) is 32.2 Å². The van der Waals surface area contributed by atoms with Crippen LogP contribution in [0, 0.1) is 17.7 Å². The summed E-state index contributed by atoms with van der Waals surface area (Å²) in [5, 5.41) is -0.168. The van der Waals surface area contributed by atoms with Crippen LogP contribution >= 0.6 is 11.6 Å². The predicted molar refractivity (Wildman–Crippen MR) is 153 cm³/mol. The van der Waals surface area contributed by atoms with Crippen molar-refractivity contribution in [2.75, 3.05) is 50.8 Å². The second kappa shape index (κ2) is 9.90. The van der Waals surface area contributed by atoms with Gasteiger partial charge in [-0.25, -0.2) is 13.6 Å². The van der Waals surface area contributed by atoms with Crippen LogP contribution in [0.15, 0.2) is 4.79 Å². The van der Waals surface area contributed by atoms with Gasteiger partial charge in [0.2, 0.25) is 0 Å². The second-order valence-corrected chi connectivity index (χ2v) is 14.1. The molecule has 6 heterocycles.